The average Bonchev–Trinajstić information content (AvgIpc) is 2.96. The summed E-state index contributed by atoms with van der Waals surface area (Å²) in [5.74, 6) is 0.422. The van der Waals surface area contributed by atoms with Crippen LogP contribution in [0.15, 0.2) is 11.4 Å². The first kappa shape index (κ1) is 13.2. The minimum atomic E-state index is -0.873. The minimum Gasteiger partial charge on any atom is -0.388 e. The second kappa shape index (κ2) is 4.64. The van der Waals surface area contributed by atoms with Crippen LogP contribution in [0.1, 0.15) is 29.9 Å². The minimum absolute atomic E-state index is 0.0527. The molecular weight excluding hydrogens is 278 g/mol. The largest absolute Gasteiger partial charge is 0.388 e. The highest BCUT2D eigenvalue weighted by Gasteiger charge is 2.42. The fourth-order valence-corrected chi connectivity index (χ4v) is 3.20. The number of tetrazole rings is 1. The van der Waals surface area contributed by atoms with Gasteiger partial charge in [-0.15, -0.1) is 21.5 Å². The number of thiophene rings is 1. The molecule has 0 aromatic carbocycles. The van der Waals surface area contributed by atoms with Crippen molar-refractivity contribution in [2.24, 2.45) is 0 Å². The summed E-state index contributed by atoms with van der Waals surface area (Å²) in [6.07, 6.45) is 0.832. The predicted molar refractivity (Wildman–Crippen MR) is 73.2 cm³/mol. The van der Waals surface area contributed by atoms with Crippen molar-refractivity contribution in [1.29, 1.82) is 0 Å². The van der Waals surface area contributed by atoms with Crippen molar-refractivity contribution < 1.29 is 9.90 Å². The van der Waals surface area contributed by atoms with Gasteiger partial charge in [0, 0.05) is 17.5 Å². The van der Waals surface area contributed by atoms with E-state index in [-0.39, 0.29) is 11.9 Å². The number of hydrogen-bond acceptors (Lipinski definition) is 6. The van der Waals surface area contributed by atoms with E-state index in [0.717, 1.165) is 12.0 Å². The molecule has 8 heteroatoms. The van der Waals surface area contributed by atoms with E-state index in [1.807, 2.05) is 5.38 Å². The quantitative estimate of drug-likeness (QED) is 0.877. The molecule has 1 saturated heterocycles. The monoisotopic (exact) mass is 293 g/mol. The van der Waals surface area contributed by atoms with Gasteiger partial charge in [0.2, 0.25) is 5.82 Å². The summed E-state index contributed by atoms with van der Waals surface area (Å²) in [5, 5.41) is 25.5. The average molecular weight is 293 g/mol. The fraction of sp³-hybridized carbons (Fsp3) is 0.500. The normalized spacial score (nSPS) is 18.9. The van der Waals surface area contributed by atoms with Crippen LogP contribution in [-0.2, 0) is 0 Å². The standard InChI is InChI=1S/C12H15N5O2S/c1-12(2,19)9-3-4-17(9)11(18)8-5-7(6-20-8)10-13-15-16-14-10/h5-6,9,19H,3-4H2,1-2H3,(H,13,14,15,16). The predicted octanol–water partition coefficient (Wildman–Crippen LogP) is 0.914. The van der Waals surface area contributed by atoms with E-state index in [9.17, 15) is 9.90 Å². The molecule has 1 unspecified atom stereocenters. The van der Waals surface area contributed by atoms with E-state index in [1.165, 1.54) is 11.3 Å². The van der Waals surface area contributed by atoms with E-state index in [4.69, 9.17) is 0 Å². The molecule has 3 rings (SSSR count). The van der Waals surface area contributed by atoms with Gasteiger partial charge in [0.1, 0.15) is 0 Å². The van der Waals surface area contributed by atoms with Crippen molar-refractivity contribution in [3.05, 3.63) is 16.3 Å². The van der Waals surface area contributed by atoms with Gasteiger partial charge in [-0.25, -0.2) is 0 Å². The Hall–Kier alpha value is -1.80. The molecule has 0 spiro atoms. The Bertz CT molecular complexity index is 616. The highest BCUT2D eigenvalue weighted by atomic mass is 32.1. The first-order valence-corrected chi connectivity index (χ1v) is 7.20. The second-order valence-electron chi connectivity index (χ2n) is 5.39. The van der Waals surface area contributed by atoms with Gasteiger partial charge in [-0.3, -0.25) is 4.79 Å². The maximum absolute atomic E-state index is 12.4. The molecule has 20 heavy (non-hydrogen) atoms. The molecule has 1 fully saturated rings. The molecule has 2 aromatic rings. The van der Waals surface area contributed by atoms with E-state index in [2.05, 4.69) is 20.6 Å². The third-order valence-corrected chi connectivity index (χ3v) is 4.43. The topological polar surface area (TPSA) is 95.0 Å². The summed E-state index contributed by atoms with van der Waals surface area (Å²) in [6, 6.07) is 1.64. The van der Waals surface area contributed by atoms with Crippen LogP contribution in [0.4, 0.5) is 0 Å². The Balaban J connectivity index is 1.79. The molecule has 106 valence electrons. The molecular formula is C12H15N5O2S. The molecule has 2 N–H and O–H groups in total. The lowest BCUT2D eigenvalue weighted by Crippen LogP contribution is -2.60. The van der Waals surface area contributed by atoms with Crippen LogP contribution in [0.3, 0.4) is 0 Å². The number of carbonyl (C=O) groups excluding carboxylic acids is 1. The van der Waals surface area contributed by atoms with Crippen LogP contribution < -0.4 is 0 Å². The number of H-pyrrole nitrogens is 1. The zero-order chi connectivity index (χ0) is 14.3. The SMILES string of the molecule is CC(C)(O)C1CCN1C(=O)c1cc(-c2nn[nH]n2)cs1. The highest BCUT2D eigenvalue weighted by molar-refractivity contribution is 7.12. The van der Waals surface area contributed by atoms with Crippen molar-refractivity contribution in [1.82, 2.24) is 25.5 Å². The van der Waals surface area contributed by atoms with E-state index >= 15 is 0 Å². The Morgan fingerprint density at radius 3 is 2.95 bits per heavy atom. The van der Waals surface area contributed by atoms with Crippen LogP contribution in [0.25, 0.3) is 11.4 Å². The van der Waals surface area contributed by atoms with Gasteiger partial charge in [0.25, 0.3) is 5.91 Å². The molecule has 7 nitrogen and oxygen atoms in total. The summed E-state index contributed by atoms with van der Waals surface area (Å²) in [5.41, 5.74) is -0.103. The first-order valence-electron chi connectivity index (χ1n) is 6.32. The van der Waals surface area contributed by atoms with Crippen molar-refractivity contribution in [3.8, 4) is 11.4 Å². The summed E-state index contributed by atoms with van der Waals surface area (Å²) in [7, 11) is 0. The lowest BCUT2D eigenvalue weighted by molar-refractivity contribution is -0.0548. The molecule has 0 saturated carbocycles. The number of aliphatic hydroxyl groups is 1. The number of likely N-dealkylation sites (tertiary alicyclic amines) is 1. The second-order valence-corrected chi connectivity index (χ2v) is 6.30. The van der Waals surface area contributed by atoms with Crippen molar-refractivity contribution in [2.75, 3.05) is 6.54 Å². The van der Waals surface area contributed by atoms with Gasteiger partial charge in [0.15, 0.2) is 0 Å². The van der Waals surface area contributed by atoms with Gasteiger partial charge in [0.05, 0.1) is 16.5 Å². The molecule has 1 amide bonds. The smallest absolute Gasteiger partial charge is 0.264 e. The lowest BCUT2D eigenvalue weighted by atomic mass is 9.88. The first-order chi connectivity index (χ1) is 9.47. The Kier molecular flexibility index (Phi) is 3.06. The maximum Gasteiger partial charge on any atom is 0.264 e. The summed E-state index contributed by atoms with van der Waals surface area (Å²) in [4.78, 5) is 14.8. The number of aromatic amines is 1. The highest BCUT2D eigenvalue weighted by Crippen LogP contribution is 2.31. The Morgan fingerprint density at radius 1 is 1.60 bits per heavy atom. The lowest BCUT2D eigenvalue weighted by Gasteiger charge is -2.47. The van der Waals surface area contributed by atoms with Crippen LogP contribution >= 0.6 is 11.3 Å². The number of nitrogens with zero attached hydrogens (tertiary/aromatic N) is 4. The Labute approximate surface area is 119 Å². The maximum atomic E-state index is 12.4. The number of nitrogens with one attached hydrogen (secondary N) is 1. The summed E-state index contributed by atoms with van der Waals surface area (Å²) < 4.78 is 0. The molecule has 0 aliphatic carbocycles. The third kappa shape index (κ3) is 2.20. The fourth-order valence-electron chi connectivity index (χ4n) is 2.36. The number of aromatic nitrogens is 4. The number of carbonyl (C=O) groups is 1. The van der Waals surface area contributed by atoms with Gasteiger partial charge in [-0.1, -0.05) is 0 Å². The van der Waals surface area contributed by atoms with Gasteiger partial charge in [-0.2, -0.15) is 5.21 Å². The molecule has 1 aliphatic heterocycles. The van der Waals surface area contributed by atoms with Gasteiger partial charge in [-0.05, 0) is 31.5 Å². The van der Waals surface area contributed by atoms with Crippen molar-refractivity contribution in [2.45, 2.75) is 31.9 Å². The molecule has 1 aliphatic rings. The molecule has 0 radical (unpaired) electrons. The summed E-state index contributed by atoms with van der Waals surface area (Å²) >= 11 is 1.35. The third-order valence-electron chi connectivity index (χ3n) is 3.51. The number of rotatable bonds is 3. The van der Waals surface area contributed by atoms with Gasteiger partial charge < -0.3 is 10.0 Å². The zero-order valence-corrected chi connectivity index (χ0v) is 12.0. The van der Waals surface area contributed by atoms with Gasteiger partial charge >= 0.3 is 0 Å². The van der Waals surface area contributed by atoms with Crippen molar-refractivity contribution >= 4 is 17.2 Å². The van der Waals surface area contributed by atoms with E-state index < -0.39 is 5.60 Å². The molecule has 2 aromatic heterocycles. The summed E-state index contributed by atoms with van der Waals surface area (Å²) in [6.45, 7) is 4.15. The molecule has 0 bridgehead atoms. The van der Waals surface area contributed by atoms with E-state index in [0.29, 0.717) is 17.2 Å². The Morgan fingerprint density at radius 2 is 2.40 bits per heavy atom. The van der Waals surface area contributed by atoms with Crippen LogP contribution in [0.5, 0.6) is 0 Å². The number of hydrogen-bond donors (Lipinski definition) is 2. The zero-order valence-electron chi connectivity index (χ0n) is 11.2. The number of amides is 1. The van der Waals surface area contributed by atoms with Crippen molar-refractivity contribution in [3.63, 3.8) is 0 Å². The van der Waals surface area contributed by atoms with Crippen LogP contribution in [-0.4, -0.2) is 54.7 Å². The van der Waals surface area contributed by atoms with Crippen LogP contribution in [0, 0.1) is 0 Å². The molecule has 1 atom stereocenters. The van der Waals surface area contributed by atoms with Crippen LogP contribution in [0.2, 0.25) is 0 Å². The molecule has 3 heterocycles. The van der Waals surface area contributed by atoms with E-state index in [1.54, 1.807) is 24.8 Å².